The highest BCUT2D eigenvalue weighted by molar-refractivity contribution is 7.99. The predicted octanol–water partition coefficient (Wildman–Crippen LogP) is 2.05. The van der Waals surface area contributed by atoms with Crippen LogP contribution in [0.5, 0.6) is 0 Å². The minimum absolute atomic E-state index is 0.0185. The highest BCUT2D eigenvalue weighted by Gasteiger charge is 2.17. The van der Waals surface area contributed by atoms with Gasteiger partial charge in [-0.25, -0.2) is 13.5 Å². The Hall–Kier alpha value is -3.47. The summed E-state index contributed by atoms with van der Waals surface area (Å²) >= 11 is 1.06. The maximum atomic E-state index is 13.8. The summed E-state index contributed by atoms with van der Waals surface area (Å²) < 4.78 is 27.9. The van der Waals surface area contributed by atoms with E-state index in [2.05, 4.69) is 15.5 Å². The number of nitrogens with zero attached hydrogens (tertiary/aromatic N) is 4. The molecule has 1 heterocycles. The van der Waals surface area contributed by atoms with Crippen LogP contribution >= 0.6 is 11.8 Å². The van der Waals surface area contributed by atoms with Gasteiger partial charge in [0.1, 0.15) is 11.6 Å². The molecular formula is C20H20F2N6O2S. The zero-order valence-electron chi connectivity index (χ0n) is 16.6. The normalized spacial score (nSPS) is 10.7. The quantitative estimate of drug-likeness (QED) is 0.405. The highest BCUT2D eigenvalue weighted by atomic mass is 32.2. The third kappa shape index (κ3) is 6.01. The third-order valence-electron chi connectivity index (χ3n) is 4.30. The van der Waals surface area contributed by atoms with Crippen molar-refractivity contribution in [2.45, 2.75) is 11.6 Å². The average molecular weight is 446 g/mol. The van der Waals surface area contributed by atoms with Crippen LogP contribution in [-0.2, 0) is 16.0 Å². The molecule has 0 atom stereocenters. The SMILES string of the molecule is CN(CC(=O)Nc1ccc(F)cc1)C(=O)CSc1nnc(Cc2ccccc2F)n1N. The Morgan fingerprint density at radius 2 is 1.84 bits per heavy atom. The van der Waals surface area contributed by atoms with Crippen LogP contribution in [-0.4, -0.2) is 50.9 Å². The molecule has 3 N–H and O–H groups in total. The zero-order chi connectivity index (χ0) is 22.4. The Morgan fingerprint density at radius 3 is 2.55 bits per heavy atom. The van der Waals surface area contributed by atoms with Crippen LogP contribution in [0.1, 0.15) is 11.4 Å². The summed E-state index contributed by atoms with van der Waals surface area (Å²) in [6.07, 6.45) is 0.161. The molecule has 2 amide bonds. The topological polar surface area (TPSA) is 106 Å². The molecule has 0 aliphatic rings. The molecule has 8 nitrogen and oxygen atoms in total. The van der Waals surface area contributed by atoms with Crippen LogP contribution in [0.25, 0.3) is 0 Å². The smallest absolute Gasteiger partial charge is 0.243 e. The zero-order valence-corrected chi connectivity index (χ0v) is 17.4. The fraction of sp³-hybridized carbons (Fsp3) is 0.200. The van der Waals surface area contributed by atoms with E-state index < -0.39 is 11.7 Å². The van der Waals surface area contributed by atoms with Crippen molar-refractivity contribution >= 4 is 29.3 Å². The van der Waals surface area contributed by atoms with Crippen molar-refractivity contribution < 1.29 is 18.4 Å². The largest absolute Gasteiger partial charge is 0.336 e. The van der Waals surface area contributed by atoms with Gasteiger partial charge in [0.05, 0.1) is 12.3 Å². The number of carbonyl (C=O) groups is 2. The Morgan fingerprint density at radius 1 is 1.13 bits per heavy atom. The van der Waals surface area contributed by atoms with Crippen LogP contribution in [0.3, 0.4) is 0 Å². The Kier molecular flexibility index (Phi) is 7.19. The van der Waals surface area contributed by atoms with Crippen LogP contribution in [0.2, 0.25) is 0 Å². The highest BCUT2D eigenvalue weighted by Crippen LogP contribution is 2.18. The molecule has 31 heavy (non-hydrogen) atoms. The van der Waals surface area contributed by atoms with Crippen molar-refractivity contribution in [3.05, 3.63) is 71.6 Å². The number of rotatable bonds is 8. The first kappa shape index (κ1) is 22.2. The molecule has 0 unspecified atom stereocenters. The Bertz CT molecular complexity index is 1070. The van der Waals surface area contributed by atoms with Gasteiger partial charge in [0.15, 0.2) is 5.82 Å². The van der Waals surface area contributed by atoms with E-state index in [0.29, 0.717) is 22.2 Å². The van der Waals surface area contributed by atoms with E-state index in [0.717, 1.165) is 11.8 Å². The summed E-state index contributed by atoms with van der Waals surface area (Å²) in [5.74, 6) is 4.80. The standard InChI is InChI=1S/C20H20F2N6O2S/c1-27(11-18(29)24-15-8-6-14(21)7-9-15)19(30)12-31-20-26-25-17(28(20)23)10-13-4-2-3-5-16(13)22/h2-9H,10-12,23H2,1H3,(H,24,29). The maximum absolute atomic E-state index is 13.8. The summed E-state index contributed by atoms with van der Waals surface area (Å²) in [5.41, 5.74) is 0.862. The van der Waals surface area contributed by atoms with E-state index in [1.54, 1.807) is 18.2 Å². The lowest BCUT2D eigenvalue weighted by Gasteiger charge is -2.16. The summed E-state index contributed by atoms with van der Waals surface area (Å²) in [6.45, 7) is -0.176. The molecule has 0 saturated heterocycles. The minimum atomic E-state index is -0.415. The van der Waals surface area contributed by atoms with Crippen molar-refractivity contribution in [1.82, 2.24) is 19.8 Å². The lowest BCUT2D eigenvalue weighted by molar-refractivity contribution is -0.131. The second-order valence-corrected chi connectivity index (χ2v) is 7.57. The summed E-state index contributed by atoms with van der Waals surface area (Å²) in [6, 6.07) is 11.6. The molecule has 11 heteroatoms. The molecule has 162 valence electrons. The molecule has 0 radical (unpaired) electrons. The first-order chi connectivity index (χ1) is 14.8. The van der Waals surface area contributed by atoms with Crippen molar-refractivity contribution in [3.8, 4) is 0 Å². The lowest BCUT2D eigenvalue weighted by Crippen LogP contribution is -2.36. The molecule has 0 spiro atoms. The molecule has 0 aliphatic heterocycles. The number of hydrogen-bond acceptors (Lipinski definition) is 6. The van der Waals surface area contributed by atoms with Gasteiger partial charge in [-0.3, -0.25) is 9.59 Å². The number of carbonyl (C=O) groups excluding carboxylic acids is 2. The van der Waals surface area contributed by atoms with Gasteiger partial charge in [-0.1, -0.05) is 30.0 Å². The average Bonchev–Trinajstić information content (AvgIpc) is 3.09. The molecule has 1 aromatic heterocycles. The Balaban J connectivity index is 1.50. The molecule has 2 aromatic carbocycles. The summed E-state index contributed by atoms with van der Waals surface area (Å²) in [5, 5.41) is 10.8. The Labute approximate surface area is 181 Å². The van der Waals surface area contributed by atoms with E-state index in [1.165, 1.54) is 47.0 Å². The second-order valence-electron chi connectivity index (χ2n) is 6.63. The number of benzene rings is 2. The van der Waals surface area contributed by atoms with Crippen LogP contribution in [0, 0.1) is 11.6 Å². The number of amides is 2. The summed E-state index contributed by atoms with van der Waals surface area (Å²) in [4.78, 5) is 25.6. The fourth-order valence-corrected chi connectivity index (χ4v) is 3.43. The first-order valence-electron chi connectivity index (χ1n) is 9.18. The van der Waals surface area contributed by atoms with E-state index in [1.807, 2.05) is 0 Å². The van der Waals surface area contributed by atoms with E-state index >= 15 is 0 Å². The van der Waals surface area contributed by atoms with Crippen molar-refractivity contribution in [3.63, 3.8) is 0 Å². The molecule has 0 aliphatic carbocycles. The summed E-state index contributed by atoms with van der Waals surface area (Å²) in [7, 11) is 1.49. The number of nitrogens with two attached hydrogens (primary N) is 1. The van der Waals surface area contributed by atoms with Gasteiger partial charge in [0.2, 0.25) is 17.0 Å². The number of nitrogen functional groups attached to an aromatic ring is 1. The second kappa shape index (κ2) is 10.0. The molecule has 0 bridgehead atoms. The van der Waals surface area contributed by atoms with Crippen molar-refractivity contribution in [2.75, 3.05) is 30.5 Å². The van der Waals surface area contributed by atoms with Gasteiger partial charge in [-0.2, -0.15) is 0 Å². The maximum Gasteiger partial charge on any atom is 0.243 e. The molecule has 0 fully saturated rings. The lowest BCUT2D eigenvalue weighted by atomic mass is 10.1. The fourth-order valence-electron chi connectivity index (χ4n) is 2.61. The minimum Gasteiger partial charge on any atom is -0.336 e. The molecular weight excluding hydrogens is 426 g/mol. The number of aromatic nitrogens is 3. The van der Waals surface area contributed by atoms with E-state index in [-0.39, 0.29) is 30.4 Å². The number of halogens is 2. The van der Waals surface area contributed by atoms with Gasteiger partial charge in [0, 0.05) is 19.2 Å². The van der Waals surface area contributed by atoms with Crippen LogP contribution in [0.15, 0.2) is 53.7 Å². The van der Waals surface area contributed by atoms with Gasteiger partial charge < -0.3 is 16.1 Å². The molecule has 0 saturated carbocycles. The van der Waals surface area contributed by atoms with Gasteiger partial charge >= 0.3 is 0 Å². The third-order valence-corrected chi connectivity index (χ3v) is 5.23. The van der Waals surface area contributed by atoms with Crippen molar-refractivity contribution in [2.24, 2.45) is 0 Å². The van der Waals surface area contributed by atoms with E-state index in [4.69, 9.17) is 5.84 Å². The monoisotopic (exact) mass is 446 g/mol. The predicted molar refractivity (Wildman–Crippen MR) is 113 cm³/mol. The van der Waals surface area contributed by atoms with Crippen LogP contribution < -0.4 is 11.2 Å². The number of nitrogens with one attached hydrogen (secondary N) is 1. The van der Waals surface area contributed by atoms with Gasteiger partial charge in [0.25, 0.3) is 0 Å². The van der Waals surface area contributed by atoms with Crippen molar-refractivity contribution in [1.29, 1.82) is 0 Å². The molecule has 3 rings (SSSR count). The first-order valence-corrected chi connectivity index (χ1v) is 10.2. The number of likely N-dealkylation sites (N-methyl/N-ethyl adjacent to an activating group) is 1. The van der Waals surface area contributed by atoms with Gasteiger partial charge in [-0.15, -0.1) is 10.2 Å². The number of thioether (sulfide) groups is 1. The molecule has 3 aromatic rings. The van der Waals surface area contributed by atoms with E-state index in [9.17, 15) is 18.4 Å². The number of hydrogen-bond donors (Lipinski definition) is 2. The number of anilines is 1. The van der Waals surface area contributed by atoms with Gasteiger partial charge in [-0.05, 0) is 35.9 Å². The van der Waals surface area contributed by atoms with Crippen LogP contribution in [0.4, 0.5) is 14.5 Å².